The van der Waals surface area contributed by atoms with Gasteiger partial charge >= 0.3 is 0 Å². The predicted octanol–water partition coefficient (Wildman–Crippen LogP) is 2.22. The molecular formula is C24H28N6O. The van der Waals surface area contributed by atoms with Crippen LogP contribution in [-0.4, -0.2) is 58.1 Å². The number of rotatable bonds is 3. The van der Waals surface area contributed by atoms with Crippen LogP contribution in [0.4, 0.5) is 5.82 Å². The summed E-state index contributed by atoms with van der Waals surface area (Å²) in [4.78, 5) is 22.7. The van der Waals surface area contributed by atoms with E-state index in [0.717, 1.165) is 69.9 Å². The number of carbonyl (C=O) groups is 1. The highest BCUT2D eigenvalue weighted by Crippen LogP contribution is 2.36. The number of nitrogens with one attached hydrogen (secondary N) is 1. The molecule has 0 radical (unpaired) electrons. The van der Waals surface area contributed by atoms with Crippen LogP contribution in [0.15, 0.2) is 42.6 Å². The number of carbonyl (C=O) groups excluding carboxylic acids is 1. The Balaban J connectivity index is 1.24. The van der Waals surface area contributed by atoms with Crippen molar-refractivity contribution in [2.24, 2.45) is 5.92 Å². The van der Waals surface area contributed by atoms with Crippen molar-refractivity contribution >= 4 is 17.4 Å². The first-order valence-electron chi connectivity index (χ1n) is 11.5. The number of fused-ring (bicyclic) bond motifs is 2. The number of amides is 1. The first-order chi connectivity index (χ1) is 15.3. The Bertz CT molecular complexity index is 1100. The third-order valence-corrected chi connectivity index (χ3v) is 7.03. The fourth-order valence-corrected chi connectivity index (χ4v) is 5.43. The maximum absolute atomic E-state index is 13.4. The maximum Gasteiger partial charge on any atom is 0.229 e. The molecule has 2 saturated heterocycles. The molecule has 1 unspecified atom stereocenters. The molecule has 6 rings (SSSR count). The molecule has 2 aromatic heterocycles. The number of nitrogens with zero attached hydrogens (tertiary/aromatic N) is 5. The highest BCUT2D eigenvalue weighted by atomic mass is 16.2. The highest BCUT2D eigenvalue weighted by molar-refractivity contribution is 5.83. The van der Waals surface area contributed by atoms with Crippen LogP contribution in [-0.2, 0) is 17.6 Å². The van der Waals surface area contributed by atoms with Gasteiger partial charge < -0.3 is 15.1 Å². The van der Waals surface area contributed by atoms with Crippen molar-refractivity contribution in [3.8, 4) is 0 Å². The Morgan fingerprint density at radius 2 is 1.90 bits per heavy atom. The first-order valence-corrected chi connectivity index (χ1v) is 11.5. The van der Waals surface area contributed by atoms with Gasteiger partial charge in [0.2, 0.25) is 5.91 Å². The van der Waals surface area contributed by atoms with Gasteiger partial charge in [0.05, 0.1) is 23.9 Å². The fraction of sp³-hybridized carbons (Fsp3) is 0.458. The molecule has 0 aliphatic carbocycles. The number of hydrogen-bond acceptors (Lipinski definition) is 5. The second-order valence-electron chi connectivity index (χ2n) is 8.91. The summed E-state index contributed by atoms with van der Waals surface area (Å²) in [5.41, 5.74) is 4.62. The smallest absolute Gasteiger partial charge is 0.229 e. The van der Waals surface area contributed by atoms with Gasteiger partial charge in [0.25, 0.3) is 0 Å². The second-order valence-corrected chi connectivity index (χ2v) is 8.91. The lowest BCUT2D eigenvalue weighted by molar-refractivity contribution is -0.137. The van der Waals surface area contributed by atoms with Crippen LogP contribution in [0.5, 0.6) is 0 Å². The number of hydrogen-bond donors (Lipinski definition) is 1. The lowest BCUT2D eigenvalue weighted by Crippen LogP contribution is -2.55. The maximum atomic E-state index is 13.4. The minimum Gasteiger partial charge on any atom is -0.354 e. The van der Waals surface area contributed by atoms with E-state index in [2.05, 4.69) is 44.5 Å². The first kappa shape index (κ1) is 18.8. The molecule has 5 heterocycles. The third-order valence-electron chi connectivity index (χ3n) is 7.03. The van der Waals surface area contributed by atoms with Crippen LogP contribution in [0.25, 0.3) is 5.65 Å². The number of likely N-dealkylation sites (tertiary alicyclic amines) is 1. The molecule has 160 valence electrons. The largest absolute Gasteiger partial charge is 0.354 e. The quantitative estimate of drug-likeness (QED) is 0.709. The van der Waals surface area contributed by atoms with Gasteiger partial charge in [-0.1, -0.05) is 30.3 Å². The summed E-state index contributed by atoms with van der Waals surface area (Å²) in [6.07, 6.45) is 5.85. The zero-order chi connectivity index (χ0) is 20.8. The monoisotopic (exact) mass is 416 g/mol. The van der Waals surface area contributed by atoms with E-state index in [0.29, 0.717) is 5.91 Å². The van der Waals surface area contributed by atoms with E-state index in [9.17, 15) is 4.79 Å². The molecule has 0 saturated carbocycles. The van der Waals surface area contributed by atoms with Crippen molar-refractivity contribution in [2.75, 3.05) is 37.6 Å². The van der Waals surface area contributed by atoms with Crippen LogP contribution < -0.4 is 10.2 Å². The SMILES string of the molecule is O=C(C1CN(c2c3c(nc4ccnn24)CCNCC3)C1)N1CCCC1c1ccccc1. The summed E-state index contributed by atoms with van der Waals surface area (Å²) in [6.45, 7) is 4.30. The molecule has 1 amide bonds. The number of benzene rings is 1. The molecule has 2 fully saturated rings. The highest BCUT2D eigenvalue weighted by Gasteiger charge is 2.41. The van der Waals surface area contributed by atoms with E-state index in [-0.39, 0.29) is 12.0 Å². The average Bonchev–Trinajstić information content (AvgIpc) is 3.38. The Morgan fingerprint density at radius 3 is 2.77 bits per heavy atom. The molecule has 3 aliphatic rings. The van der Waals surface area contributed by atoms with Crippen molar-refractivity contribution in [3.63, 3.8) is 0 Å². The molecule has 31 heavy (non-hydrogen) atoms. The van der Waals surface area contributed by atoms with Crippen LogP contribution in [0.3, 0.4) is 0 Å². The zero-order valence-corrected chi connectivity index (χ0v) is 17.7. The minimum absolute atomic E-state index is 0.0580. The van der Waals surface area contributed by atoms with Gasteiger partial charge in [0.15, 0.2) is 5.65 Å². The van der Waals surface area contributed by atoms with Gasteiger partial charge in [-0.25, -0.2) is 4.98 Å². The predicted molar refractivity (Wildman–Crippen MR) is 119 cm³/mol. The van der Waals surface area contributed by atoms with Crippen molar-refractivity contribution < 1.29 is 4.79 Å². The van der Waals surface area contributed by atoms with E-state index in [1.165, 1.54) is 16.8 Å². The summed E-state index contributed by atoms with van der Waals surface area (Å²) in [5.74, 6) is 1.50. The fourth-order valence-electron chi connectivity index (χ4n) is 5.43. The van der Waals surface area contributed by atoms with Gasteiger partial charge in [-0.3, -0.25) is 4.79 Å². The average molecular weight is 417 g/mol. The van der Waals surface area contributed by atoms with Gasteiger partial charge in [-0.2, -0.15) is 9.61 Å². The van der Waals surface area contributed by atoms with E-state index in [4.69, 9.17) is 4.98 Å². The second kappa shape index (κ2) is 7.64. The molecule has 7 heteroatoms. The molecule has 7 nitrogen and oxygen atoms in total. The summed E-state index contributed by atoms with van der Waals surface area (Å²) in [7, 11) is 0. The Morgan fingerprint density at radius 1 is 1.06 bits per heavy atom. The molecular weight excluding hydrogens is 388 g/mol. The summed E-state index contributed by atoms with van der Waals surface area (Å²) >= 11 is 0. The standard InChI is InChI=1S/C24H28N6O/c31-24(29-14-4-7-21(29)17-5-2-1-3-6-17)18-15-28(16-18)23-19-8-11-25-12-9-20(19)27-22-10-13-26-30(22)23/h1-3,5-6,10,13,18,21,25H,4,7-9,11-12,14-16H2. The zero-order valence-electron chi connectivity index (χ0n) is 17.7. The van der Waals surface area contributed by atoms with Gasteiger partial charge in [-0.15, -0.1) is 0 Å². The number of aromatic nitrogens is 3. The van der Waals surface area contributed by atoms with Gasteiger partial charge in [0, 0.05) is 44.2 Å². The molecule has 1 atom stereocenters. The van der Waals surface area contributed by atoms with E-state index < -0.39 is 0 Å². The summed E-state index contributed by atoms with van der Waals surface area (Å²) in [6, 6.07) is 12.7. The lowest BCUT2D eigenvalue weighted by Gasteiger charge is -2.43. The van der Waals surface area contributed by atoms with E-state index >= 15 is 0 Å². The van der Waals surface area contributed by atoms with E-state index in [1.807, 2.05) is 22.8 Å². The number of anilines is 1. The van der Waals surface area contributed by atoms with Crippen molar-refractivity contribution in [2.45, 2.75) is 31.7 Å². The molecule has 0 spiro atoms. The summed E-state index contributed by atoms with van der Waals surface area (Å²) in [5, 5.41) is 8.03. The van der Waals surface area contributed by atoms with Crippen molar-refractivity contribution in [1.82, 2.24) is 24.8 Å². The Labute approximate surface area is 182 Å². The lowest BCUT2D eigenvalue weighted by atomic mass is 9.95. The molecule has 1 aromatic carbocycles. The summed E-state index contributed by atoms with van der Waals surface area (Å²) < 4.78 is 1.97. The van der Waals surface area contributed by atoms with E-state index in [1.54, 1.807) is 0 Å². The topological polar surface area (TPSA) is 65.8 Å². The molecule has 0 bridgehead atoms. The van der Waals surface area contributed by atoms with Crippen LogP contribution in [0, 0.1) is 5.92 Å². The third kappa shape index (κ3) is 3.19. The molecule has 1 N–H and O–H groups in total. The minimum atomic E-state index is 0.0580. The Hall–Kier alpha value is -2.93. The van der Waals surface area contributed by atoms with Crippen molar-refractivity contribution in [1.29, 1.82) is 0 Å². The van der Waals surface area contributed by atoms with Crippen LogP contribution >= 0.6 is 0 Å². The molecule has 3 aliphatic heterocycles. The van der Waals surface area contributed by atoms with Gasteiger partial charge in [-0.05, 0) is 31.4 Å². The normalized spacial score (nSPS) is 21.7. The van der Waals surface area contributed by atoms with Crippen molar-refractivity contribution in [3.05, 3.63) is 59.4 Å². The van der Waals surface area contributed by atoms with Crippen LogP contribution in [0.2, 0.25) is 0 Å². The van der Waals surface area contributed by atoms with Gasteiger partial charge in [0.1, 0.15) is 5.82 Å². The molecule has 3 aromatic rings. The Kier molecular flexibility index (Phi) is 4.64. The van der Waals surface area contributed by atoms with Crippen LogP contribution in [0.1, 0.15) is 35.7 Å².